The molecular weight excluding hydrogens is 354 g/mol. The van der Waals surface area contributed by atoms with Crippen LogP contribution in [0.15, 0.2) is 24.3 Å². The molecular formula is C16H19N7O2S. The highest BCUT2D eigenvalue weighted by Gasteiger charge is 2.12. The summed E-state index contributed by atoms with van der Waals surface area (Å²) in [5, 5.41) is 16.2. The van der Waals surface area contributed by atoms with E-state index in [1.807, 2.05) is 6.07 Å². The van der Waals surface area contributed by atoms with E-state index in [-0.39, 0.29) is 5.91 Å². The maximum Gasteiger partial charge on any atom is 0.314 e. The minimum Gasteiger partial charge on any atom is -0.467 e. The number of hydrogen-bond acceptors (Lipinski definition) is 8. The van der Waals surface area contributed by atoms with Crippen molar-refractivity contribution < 1.29 is 9.53 Å². The van der Waals surface area contributed by atoms with E-state index in [2.05, 4.69) is 25.6 Å². The molecule has 10 heteroatoms. The molecule has 0 atom stereocenters. The number of nitrogens with two attached hydrogens (primary N) is 1. The van der Waals surface area contributed by atoms with Gasteiger partial charge in [-0.15, -0.1) is 15.3 Å². The Kier molecular flexibility index (Phi) is 5.42. The number of nitrogens with one attached hydrogen (secondary N) is 1. The van der Waals surface area contributed by atoms with Crippen molar-refractivity contribution in [2.45, 2.75) is 12.8 Å². The van der Waals surface area contributed by atoms with Gasteiger partial charge in [-0.3, -0.25) is 4.79 Å². The zero-order valence-electron chi connectivity index (χ0n) is 14.5. The molecule has 0 fully saturated rings. The fourth-order valence-corrected chi connectivity index (χ4v) is 3.03. The summed E-state index contributed by atoms with van der Waals surface area (Å²) in [6, 6.07) is 7.58. The molecule has 0 aliphatic carbocycles. The predicted molar refractivity (Wildman–Crippen MR) is 98.0 cm³/mol. The monoisotopic (exact) mass is 373 g/mol. The van der Waals surface area contributed by atoms with E-state index in [1.165, 1.54) is 18.4 Å². The van der Waals surface area contributed by atoms with Crippen LogP contribution in [-0.2, 0) is 13.5 Å². The standard InChI is InChI=1S/C16H19N7O2S/c1-23-16(25-2)19-13(22-23)10-5-3-6-11(9-10)14(24)18-8-4-7-12-20-21-15(17)26-12/h3,5-6,9H,4,7-8H2,1-2H3,(H2,17,21)(H,18,24). The molecule has 1 amide bonds. The summed E-state index contributed by atoms with van der Waals surface area (Å²) in [7, 11) is 3.28. The highest BCUT2D eigenvalue weighted by Crippen LogP contribution is 2.19. The van der Waals surface area contributed by atoms with Gasteiger partial charge in [0.15, 0.2) is 5.82 Å². The summed E-state index contributed by atoms with van der Waals surface area (Å²) < 4.78 is 6.67. The molecule has 3 aromatic rings. The number of rotatable bonds is 7. The number of hydrogen-bond donors (Lipinski definition) is 2. The molecule has 0 aliphatic rings. The second kappa shape index (κ2) is 7.91. The van der Waals surface area contributed by atoms with Gasteiger partial charge in [-0.1, -0.05) is 23.5 Å². The first-order chi connectivity index (χ1) is 12.6. The number of benzene rings is 1. The van der Waals surface area contributed by atoms with Crippen molar-refractivity contribution in [3.05, 3.63) is 34.8 Å². The van der Waals surface area contributed by atoms with E-state index < -0.39 is 0 Å². The van der Waals surface area contributed by atoms with E-state index in [0.29, 0.717) is 29.1 Å². The number of aryl methyl sites for hydroxylation is 2. The molecule has 0 radical (unpaired) electrons. The first-order valence-electron chi connectivity index (χ1n) is 7.98. The van der Waals surface area contributed by atoms with E-state index >= 15 is 0 Å². The summed E-state index contributed by atoms with van der Waals surface area (Å²) >= 11 is 1.36. The molecule has 3 N–H and O–H groups in total. The second-order valence-electron chi connectivity index (χ2n) is 5.52. The summed E-state index contributed by atoms with van der Waals surface area (Å²) in [6.07, 6.45) is 1.49. The number of carbonyl (C=O) groups excluding carboxylic acids is 1. The number of nitrogen functional groups attached to an aromatic ring is 1. The molecule has 26 heavy (non-hydrogen) atoms. The van der Waals surface area contributed by atoms with Crippen molar-refractivity contribution in [1.82, 2.24) is 30.3 Å². The SMILES string of the molecule is COc1nc(-c2cccc(C(=O)NCCCc3nnc(N)s3)c2)nn1C. The summed E-state index contributed by atoms with van der Waals surface area (Å²) in [5.74, 6) is 0.361. The van der Waals surface area contributed by atoms with Gasteiger partial charge in [-0.05, 0) is 18.6 Å². The molecule has 3 rings (SSSR count). The first-order valence-corrected chi connectivity index (χ1v) is 8.80. The highest BCUT2D eigenvalue weighted by molar-refractivity contribution is 7.15. The van der Waals surface area contributed by atoms with E-state index in [1.54, 1.807) is 29.9 Å². The number of anilines is 1. The lowest BCUT2D eigenvalue weighted by Gasteiger charge is -2.05. The van der Waals surface area contributed by atoms with Gasteiger partial charge in [0.2, 0.25) is 5.13 Å². The van der Waals surface area contributed by atoms with Gasteiger partial charge >= 0.3 is 6.01 Å². The quantitative estimate of drug-likeness (QED) is 0.599. The fraction of sp³-hybridized carbons (Fsp3) is 0.312. The van der Waals surface area contributed by atoms with E-state index in [9.17, 15) is 4.79 Å². The second-order valence-corrected chi connectivity index (χ2v) is 6.61. The van der Waals surface area contributed by atoms with Crippen molar-refractivity contribution in [2.24, 2.45) is 7.05 Å². The normalized spacial score (nSPS) is 10.7. The van der Waals surface area contributed by atoms with Crippen molar-refractivity contribution in [2.75, 3.05) is 19.4 Å². The van der Waals surface area contributed by atoms with Crippen molar-refractivity contribution >= 4 is 22.4 Å². The molecule has 0 unspecified atom stereocenters. The lowest BCUT2D eigenvalue weighted by Crippen LogP contribution is -2.24. The Bertz CT molecular complexity index is 906. The molecule has 0 bridgehead atoms. The Hall–Kier alpha value is -3.01. The van der Waals surface area contributed by atoms with Crippen molar-refractivity contribution in [1.29, 1.82) is 0 Å². The number of aromatic nitrogens is 5. The van der Waals surface area contributed by atoms with Crippen molar-refractivity contribution in [3.8, 4) is 17.4 Å². The van der Waals surface area contributed by atoms with Gasteiger partial charge < -0.3 is 15.8 Å². The summed E-state index contributed by atoms with van der Waals surface area (Å²) in [5.41, 5.74) is 6.85. The van der Waals surface area contributed by atoms with E-state index in [0.717, 1.165) is 23.4 Å². The lowest BCUT2D eigenvalue weighted by molar-refractivity contribution is 0.0953. The van der Waals surface area contributed by atoms with Gasteiger partial charge in [0.25, 0.3) is 5.91 Å². The van der Waals surface area contributed by atoms with Crippen LogP contribution in [0.2, 0.25) is 0 Å². The van der Waals surface area contributed by atoms with Crippen LogP contribution in [-0.4, -0.2) is 44.5 Å². The molecule has 9 nitrogen and oxygen atoms in total. The van der Waals surface area contributed by atoms with Gasteiger partial charge in [-0.25, -0.2) is 4.68 Å². The fourth-order valence-electron chi connectivity index (χ4n) is 2.38. The number of nitrogens with zero attached hydrogens (tertiary/aromatic N) is 5. The van der Waals surface area contributed by atoms with Crippen LogP contribution < -0.4 is 15.8 Å². The first kappa shape index (κ1) is 17.8. The van der Waals surface area contributed by atoms with Gasteiger partial charge in [-0.2, -0.15) is 4.98 Å². The Morgan fingerprint density at radius 3 is 2.92 bits per heavy atom. The Morgan fingerprint density at radius 1 is 1.38 bits per heavy atom. The average molecular weight is 373 g/mol. The van der Waals surface area contributed by atoms with Crippen LogP contribution in [0.4, 0.5) is 5.13 Å². The molecule has 0 saturated heterocycles. The zero-order chi connectivity index (χ0) is 18.5. The van der Waals surface area contributed by atoms with Crippen LogP contribution in [0.1, 0.15) is 21.8 Å². The minimum atomic E-state index is -0.147. The van der Waals surface area contributed by atoms with Crippen LogP contribution in [0.3, 0.4) is 0 Å². The predicted octanol–water partition coefficient (Wildman–Crippen LogP) is 1.29. The lowest BCUT2D eigenvalue weighted by atomic mass is 10.1. The minimum absolute atomic E-state index is 0.147. The molecule has 0 aliphatic heterocycles. The van der Waals surface area contributed by atoms with Crippen LogP contribution in [0.25, 0.3) is 11.4 Å². The Balaban J connectivity index is 1.59. The highest BCUT2D eigenvalue weighted by atomic mass is 32.1. The summed E-state index contributed by atoms with van der Waals surface area (Å²) in [4.78, 5) is 16.6. The Labute approximate surface area is 154 Å². The molecule has 0 saturated carbocycles. The third kappa shape index (κ3) is 4.14. The maximum absolute atomic E-state index is 12.3. The molecule has 2 aromatic heterocycles. The van der Waals surface area contributed by atoms with Crippen LogP contribution in [0, 0.1) is 0 Å². The van der Waals surface area contributed by atoms with Gasteiger partial charge in [0.1, 0.15) is 5.01 Å². The molecule has 136 valence electrons. The van der Waals surface area contributed by atoms with Crippen LogP contribution in [0.5, 0.6) is 6.01 Å². The third-order valence-corrected chi connectivity index (χ3v) is 4.44. The third-order valence-electron chi connectivity index (χ3n) is 3.62. The average Bonchev–Trinajstić information content (AvgIpc) is 3.24. The van der Waals surface area contributed by atoms with Gasteiger partial charge in [0.05, 0.1) is 7.11 Å². The molecule has 1 aromatic carbocycles. The zero-order valence-corrected chi connectivity index (χ0v) is 15.3. The number of ether oxygens (including phenoxy) is 1. The largest absolute Gasteiger partial charge is 0.467 e. The van der Waals surface area contributed by atoms with E-state index in [4.69, 9.17) is 10.5 Å². The van der Waals surface area contributed by atoms with Crippen LogP contribution >= 0.6 is 11.3 Å². The number of carbonyl (C=O) groups is 1. The Morgan fingerprint density at radius 2 is 2.23 bits per heavy atom. The molecule has 0 spiro atoms. The number of methoxy groups -OCH3 is 1. The molecule has 2 heterocycles. The topological polar surface area (TPSA) is 121 Å². The smallest absolute Gasteiger partial charge is 0.314 e. The van der Waals surface area contributed by atoms with Gasteiger partial charge in [0, 0.05) is 31.1 Å². The van der Waals surface area contributed by atoms with Crippen molar-refractivity contribution in [3.63, 3.8) is 0 Å². The number of amides is 1. The summed E-state index contributed by atoms with van der Waals surface area (Å²) in [6.45, 7) is 0.540. The maximum atomic E-state index is 12.3.